The molecule has 7 nitrogen and oxygen atoms in total. The Morgan fingerprint density at radius 2 is 1.97 bits per heavy atom. The molecule has 0 saturated carbocycles. The average molecular weight is 432 g/mol. The molecule has 1 aliphatic heterocycles. The highest BCUT2D eigenvalue weighted by Crippen LogP contribution is 2.34. The van der Waals surface area contributed by atoms with E-state index in [1.54, 1.807) is 29.9 Å². The topological polar surface area (TPSA) is 69.5 Å². The number of hydrogen-bond donors (Lipinski definition) is 0. The van der Waals surface area contributed by atoms with Gasteiger partial charge in [0, 0.05) is 24.9 Å². The normalized spacial score (nSPS) is 14.8. The molecule has 10 heteroatoms. The Labute approximate surface area is 176 Å². The van der Waals surface area contributed by atoms with E-state index in [-0.39, 0.29) is 12.4 Å². The van der Waals surface area contributed by atoms with E-state index < -0.39 is 30.8 Å². The molecule has 0 bridgehead atoms. The maximum absolute atomic E-state index is 13.4. The van der Waals surface area contributed by atoms with Gasteiger partial charge in [-0.05, 0) is 12.1 Å². The Hall–Kier alpha value is -3.56. The molecule has 0 aromatic carbocycles. The number of methoxy groups -OCH3 is 1. The number of rotatable bonds is 6. The number of aromatic nitrogens is 3. The van der Waals surface area contributed by atoms with Gasteiger partial charge in [0.1, 0.15) is 18.2 Å². The molecule has 0 unspecified atom stereocenters. The van der Waals surface area contributed by atoms with Gasteiger partial charge in [-0.15, -0.1) is 0 Å². The van der Waals surface area contributed by atoms with E-state index in [1.165, 1.54) is 30.5 Å². The van der Waals surface area contributed by atoms with Gasteiger partial charge in [-0.1, -0.05) is 0 Å². The summed E-state index contributed by atoms with van der Waals surface area (Å²) in [5, 5.41) is 0. The highest BCUT2D eigenvalue weighted by molar-refractivity contribution is 5.91. The van der Waals surface area contributed by atoms with Crippen molar-refractivity contribution in [2.24, 2.45) is 7.05 Å². The molecule has 0 aliphatic carbocycles. The van der Waals surface area contributed by atoms with Crippen LogP contribution in [0.5, 0.6) is 5.75 Å². The predicted octanol–water partition coefficient (Wildman–Crippen LogP) is 3.44. The molecule has 4 heterocycles. The zero-order valence-electron chi connectivity index (χ0n) is 16.8. The summed E-state index contributed by atoms with van der Waals surface area (Å²) in [5.74, 6) is -3.55. The average Bonchev–Trinajstić information content (AvgIpc) is 3.11. The predicted molar refractivity (Wildman–Crippen MR) is 106 cm³/mol. The number of anilines is 1. The van der Waals surface area contributed by atoms with E-state index in [2.05, 4.69) is 9.97 Å². The molecule has 1 saturated heterocycles. The largest absolute Gasteiger partial charge is 0.487 e. The van der Waals surface area contributed by atoms with Crippen LogP contribution in [0, 0.1) is 5.82 Å². The highest BCUT2D eigenvalue weighted by atomic mass is 19.3. The van der Waals surface area contributed by atoms with Crippen LogP contribution in [0.2, 0.25) is 0 Å². The van der Waals surface area contributed by atoms with Gasteiger partial charge in [0.25, 0.3) is 5.92 Å². The second-order valence-electron chi connectivity index (χ2n) is 7.26. The zero-order valence-corrected chi connectivity index (χ0v) is 16.8. The molecule has 1 fully saturated rings. The second-order valence-corrected chi connectivity index (χ2v) is 7.26. The zero-order chi connectivity index (χ0) is 22.2. The van der Waals surface area contributed by atoms with Crippen LogP contribution in [0.4, 0.5) is 18.9 Å². The number of alkyl halides is 2. The molecule has 1 aliphatic rings. The number of nitrogens with zero attached hydrogens (tertiary/aromatic N) is 4. The Kier molecular flexibility index (Phi) is 5.30. The summed E-state index contributed by atoms with van der Waals surface area (Å²) in [5.41, 5.74) is 2.55. The first-order valence-electron chi connectivity index (χ1n) is 9.36. The van der Waals surface area contributed by atoms with E-state index in [0.717, 1.165) is 6.20 Å². The summed E-state index contributed by atoms with van der Waals surface area (Å²) in [6.07, 6.45) is 5.53. The van der Waals surface area contributed by atoms with Crippen LogP contribution in [0.15, 0.2) is 43.0 Å². The van der Waals surface area contributed by atoms with E-state index in [4.69, 9.17) is 9.47 Å². The van der Waals surface area contributed by atoms with Gasteiger partial charge >= 0.3 is 5.97 Å². The lowest BCUT2D eigenvalue weighted by Crippen LogP contribution is -2.56. The van der Waals surface area contributed by atoms with Crippen LogP contribution < -0.4 is 9.64 Å². The fourth-order valence-electron chi connectivity index (χ4n) is 3.37. The number of halogens is 3. The number of pyridine rings is 2. The highest BCUT2D eigenvalue weighted by Gasteiger charge is 2.44. The van der Waals surface area contributed by atoms with Gasteiger partial charge in [-0.2, -0.15) is 0 Å². The van der Waals surface area contributed by atoms with Crippen molar-refractivity contribution in [3.8, 4) is 17.1 Å². The SMILES string of the molecule is COC(=O)c1cc(-c2ncc(N3CC(F)(F)C3)cc2COc2cncc(F)c2)n(C)c1. The van der Waals surface area contributed by atoms with Gasteiger partial charge in [-0.25, -0.2) is 18.0 Å². The van der Waals surface area contributed by atoms with Crippen molar-refractivity contribution in [2.75, 3.05) is 25.1 Å². The van der Waals surface area contributed by atoms with E-state index in [0.29, 0.717) is 28.2 Å². The Morgan fingerprint density at radius 1 is 1.19 bits per heavy atom. The standard InChI is InChI=1S/C21H19F3N4O3/c1-27-9-13(20(29)30-2)4-18(27)19-14(10-31-17-5-15(22)6-25-8-17)3-16(7-26-19)28-11-21(23,24)12-28/h3-9H,10-12H2,1-2H3. The number of carbonyl (C=O) groups is 1. The van der Waals surface area contributed by atoms with Gasteiger partial charge in [-0.3, -0.25) is 9.97 Å². The van der Waals surface area contributed by atoms with Crippen LogP contribution in [0.3, 0.4) is 0 Å². The summed E-state index contributed by atoms with van der Waals surface area (Å²) in [7, 11) is 3.03. The fourth-order valence-corrected chi connectivity index (χ4v) is 3.37. The van der Waals surface area contributed by atoms with Crippen LogP contribution in [0.1, 0.15) is 15.9 Å². The van der Waals surface area contributed by atoms with E-state index >= 15 is 0 Å². The molecule has 0 atom stereocenters. The number of carbonyl (C=O) groups excluding carboxylic acids is 1. The first kappa shape index (κ1) is 20.7. The summed E-state index contributed by atoms with van der Waals surface area (Å²) in [4.78, 5) is 21.6. The minimum absolute atomic E-state index is 0.00965. The van der Waals surface area contributed by atoms with Crippen molar-refractivity contribution in [2.45, 2.75) is 12.5 Å². The fraction of sp³-hybridized carbons (Fsp3) is 0.286. The van der Waals surface area contributed by atoms with Gasteiger partial charge in [0.05, 0.1) is 61.4 Å². The summed E-state index contributed by atoms with van der Waals surface area (Å²) in [6.45, 7) is -0.790. The molecule has 31 heavy (non-hydrogen) atoms. The van der Waals surface area contributed by atoms with E-state index in [1.807, 2.05) is 0 Å². The van der Waals surface area contributed by atoms with Crippen molar-refractivity contribution in [1.82, 2.24) is 14.5 Å². The third kappa shape index (κ3) is 4.32. The first-order chi connectivity index (χ1) is 14.8. The molecule has 162 valence electrons. The quantitative estimate of drug-likeness (QED) is 0.556. The van der Waals surface area contributed by atoms with Gasteiger partial charge < -0.3 is 18.9 Å². The molecule has 3 aromatic heterocycles. The van der Waals surface area contributed by atoms with Crippen LogP contribution in [-0.4, -0.2) is 46.6 Å². The second kappa shape index (κ2) is 7.93. The van der Waals surface area contributed by atoms with Crippen LogP contribution in [-0.2, 0) is 18.4 Å². The third-order valence-electron chi connectivity index (χ3n) is 4.90. The number of ether oxygens (including phenoxy) is 2. The van der Waals surface area contributed by atoms with Gasteiger partial charge in [0.2, 0.25) is 0 Å². The molecule has 3 aromatic rings. The van der Waals surface area contributed by atoms with Crippen molar-refractivity contribution in [3.05, 3.63) is 59.9 Å². The summed E-state index contributed by atoms with van der Waals surface area (Å²) in [6, 6.07) is 4.52. The Morgan fingerprint density at radius 3 is 2.65 bits per heavy atom. The molecule has 0 amide bonds. The Balaban J connectivity index is 1.68. The maximum atomic E-state index is 13.4. The number of esters is 1. The lowest BCUT2D eigenvalue weighted by Gasteiger charge is -2.40. The minimum atomic E-state index is -2.73. The number of hydrogen-bond acceptors (Lipinski definition) is 6. The molecular formula is C21H19F3N4O3. The van der Waals surface area contributed by atoms with Crippen LogP contribution >= 0.6 is 0 Å². The molecule has 4 rings (SSSR count). The van der Waals surface area contributed by atoms with Crippen molar-refractivity contribution in [3.63, 3.8) is 0 Å². The van der Waals surface area contributed by atoms with Crippen molar-refractivity contribution in [1.29, 1.82) is 0 Å². The monoisotopic (exact) mass is 432 g/mol. The minimum Gasteiger partial charge on any atom is -0.487 e. The van der Waals surface area contributed by atoms with Crippen molar-refractivity contribution >= 4 is 11.7 Å². The summed E-state index contributed by atoms with van der Waals surface area (Å²) >= 11 is 0. The summed E-state index contributed by atoms with van der Waals surface area (Å²) < 4.78 is 52.2. The van der Waals surface area contributed by atoms with E-state index in [9.17, 15) is 18.0 Å². The third-order valence-corrected chi connectivity index (χ3v) is 4.90. The first-order valence-corrected chi connectivity index (χ1v) is 9.36. The van der Waals surface area contributed by atoms with Crippen molar-refractivity contribution < 1.29 is 27.4 Å². The lowest BCUT2D eigenvalue weighted by atomic mass is 10.1. The molecular weight excluding hydrogens is 413 g/mol. The van der Waals surface area contributed by atoms with Gasteiger partial charge in [0.15, 0.2) is 0 Å². The molecule has 0 N–H and O–H groups in total. The lowest BCUT2D eigenvalue weighted by molar-refractivity contribution is -0.0263. The number of aryl methyl sites for hydroxylation is 1. The molecule has 0 radical (unpaired) electrons. The maximum Gasteiger partial charge on any atom is 0.339 e. The molecule has 0 spiro atoms. The van der Waals surface area contributed by atoms with Crippen LogP contribution in [0.25, 0.3) is 11.4 Å². The Bertz CT molecular complexity index is 1120. The smallest absolute Gasteiger partial charge is 0.339 e.